The first kappa shape index (κ1) is 34.0. The van der Waals surface area contributed by atoms with E-state index in [0.29, 0.717) is 60.9 Å². The molecule has 0 bridgehead atoms. The fourth-order valence-electron chi connectivity index (χ4n) is 6.55. The average molecular weight is 661 g/mol. The van der Waals surface area contributed by atoms with Crippen LogP contribution in [0.5, 0.6) is 17.2 Å². The zero-order valence-electron chi connectivity index (χ0n) is 27.8. The van der Waals surface area contributed by atoms with Crippen molar-refractivity contribution >= 4 is 35.0 Å². The maximum Gasteiger partial charge on any atom is 0.245 e. The summed E-state index contributed by atoms with van der Waals surface area (Å²) in [6, 6.07) is 16.4. The Bertz CT molecular complexity index is 1640. The van der Waals surface area contributed by atoms with Gasteiger partial charge in [-0.1, -0.05) is 24.3 Å². The highest BCUT2D eigenvalue weighted by atomic mass is 32.2. The van der Waals surface area contributed by atoms with Gasteiger partial charge in [0.25, 0.3) is 0 Å². The number of piperazine rings is 1. The van der Waals surface area contributed by atoms with Crippen LogP contribution < -0.4 is 35.2 Å². The molecular formula is C36H44N4O6S. The Hall–Kier alpha value is -4.38. The van der Waals surface area contributed by atoms with Gasteiger partial charge in [0.15, 0.2) is 11.5 Å². The summed E-state index contributed by atoms with van der Waals surface area (Å²) in [6.07, 6.45) is 3.75. The largest absolute Gasteiger partial charge is 0.493 e. The molecule has 0 spiro atoms. The third-order valence-corrected chi connectivity index (χ3v) is 9.51. The van der Waals surface area contributed by atoms with Gasteiger partial charge in [0, 0.05) is 44.4 Å². The molecule has 0 unspecified atom stereocenters. The van der Waals surface area contributed by atoms with Crippen molar-refractivity contribution < 1.29 is 23.8 Å². The van der Waals surface area contributed by atoms with Crippen molar-refractivity contribution in [2.45, 2.75) is 38.3 Å². The van der Waals surface area contributed by atoms with Gasteiger partial charge in [-0.15, -0.1) is 0 Å². The molecule has 11 heteroatoms. The third kappa shape index (κ3) is 7.45. The van der Waals surface area contributed by atoms with Crippen LogP contribution in [0.3, 0.4) is 0 Å². The number of fused-ring (bicyclic) bond motifs is 3. The van der Waals surface area contributed by atoms with Crippen LogP contribution in [0.25, 0.3) is 11.1 Å². The van der Waals surface area contributed by atoms with Crippen LogP contribution in [0.15, 0.2) is 59.4 Å². The molecule has 1 aliphatic carbocycles. The summed E-state index contributed by atoms with van der Waals surface area (Å²) >= 11 is 1.66. The molecule has 0 saturated carbocycles. The molecule has 1 heterocycles. The average Bonchev–Trinajstić information content (AvgIpc) is 3.33. The quantitative estimate of drug-likeness (QED) is 0.301. The fourth-order valence-corrected chi connectivity index (χ4v) is 7.02. The van der Waals surface area contributed by atoms with E-state index in [1.165, 1.54) is 6.92 Å². The van der Waals surface area contributed by atoms with Crippen LogP contribution in [-0.4, -0.2) is 82.3 Å². The summed E-state index contributed by atoms with van der Waals surface area (Å²) in [7, 11) is 4.71. The van der Waals surface area contributed by atoms with Crippen molar-refractivity contribution in [3.05, 3.63) is 75.9 Å². The molecule has 2 aliphatic rings. The lowest BCUT2D eigenvalue weighted by Gasteiger charge is -2.37. The SMILES string of the molecule is COc1cc2c(c(OC)c1OC)-c1ccc(N[C@H](CCSC)C(=O)N3CCN(c4ccccc4)CC3)c(=O)cc1[C@H](NC(C)=O)CC2. The Labute approximate surface area is 280 Å². The van der Waals surface area contributed by atoms with Crippen LogP contribution in [0.4, 0.5) is 11.4 Å². The Morgan fingerprint density at radius 3 is 2.32 bits per heavy atom. The second kappa shape index (κ2) is 15.5. The van der Waals surface area contributed by atoms with Crippen LogP contribution in [0.1, 0.15) is 36.9 Å². The number of carbonyl (C=O) groups is 2. The summed E-state index contributed by atoms with van der Waals surface area (Å²) in [6.45, 7) is 4.16. The molecule has 47 heavy (non-hydrogen) atoms. The minimum absolute atomic E-state index is 0.0146. The number of anilines is 2. The molecular weight excluding hydrogens is 616 g/mol. The number of rotatable bonds is 11. The van der Waals surface area contributed by atoms with Gasteiger partial charge in [-0.25, -0.2) is 0 Å². The topological polar surface area (TPSA) is 109 Å². The van der Waals surface area contributed by atoms with E-state index < -0.39 is 12.1 Å². The van der Waals surface area contributed by atoms with E-state index in [1.54, 1.807) is 45.2 Å². The number of carbonyl (C=O) groups excluding carboxylic acids is 2. The smallest absolute Gasteiger partial charge is 0.245 e. The van der Waals surface area contributed by atoms with Crippen LogP contribution in [0, 0.1) is 0 Å². The molecule has 3 aromatic rings. The predicted octanol–water partition coefficient (Wildman–Crippen LogP) is 4.75. The Kier molecular flexibility index (Phi) is 11.2. The van der Waals surface area contributed by atoms with Crippen LogP contribution in [0.2, 0.25) is 0 Å². The van der Waals surface area contributed by atoms with E-state index in [-0.39, 0.29) is 17.2 Å². The van der Waals surface area contributed by atoms with Gasteiger partial charge in [0.2, 0.25) is 23.0 Å². The number of nitrogens with one attached hydrogen (secondary N) is 2. The van der Waals surface area contributed by atoms with Gasteiger partial charge in [0.05, 0.1) is 33.1 Å². The third-order valence-electron chi connectivity index (χ3n) is 8.87. The summed E-state index contributed by atoms with van der Waals surface area (Å²) < 4.78 is 17.2. The molecule has 5 rings (SSSR count). The number of aryl methyl sites for hydroxylation is 1. The number of methoxy groups -OCH3 is 3. The molecule has 1 fully saturated rings. The molecule has 250 valence electrons. The normalized spacial score (nSPS) is 16.2. The first-order chi connectivity index (χ1) is 22.8. The van der Waals surface area contributed by atoms with Crippen molar-refractivity contribution in [3.63, 3.8) is 0 Å². The first-order valence-electron chi connectivity index (χ1n) is 15.9. The van der Waals surface area contributed by atoms with Gasteiger partial charge in [-0.2, -0.15) is 11.8 Å². The van der Waals surface area contributed by atoms with Gasteiger partial charge in [-0.05, 0) is 78.3 Å². The van der Waals surface area contributed by atoms with Crippen molar-refractivity contribution in [2.24, 2.45) is 0 Å². The maximum absolute atomic E-state index is 13.9. The monoisotopic (exact) mass is 660 g/mol. The van der Waals surface area contributed by atoms with E-state index >= 15 is 0 Å². The van der Waals surface area contributed by atoms with Gasteiger partial charge < -0.3 is 34.6 Å². The second-order valence-electron chi connectivity index (χ2n) is 11.7. The molecule has 2 atom stereocenters. The zero-order chi connectivity index (χ0) is 33.5. The summed E-state index contributed by atoms with van der Waals surface area (Å²) in [5.41, 5.74) is 4.35. The standard InChI is InChI=1S/C36H44N4O6S/c1-23(41)37-28-13-11-24-21-32(44-2)34(45-3)35(46-4)33(24)26-12-14-29(31(42)22-27(26)28)38-30(15-20-47-5)36(43)40-18-16-39(17-19-40)25-9-7-6-8-10-25/h6-10,12,14,21-22,28,30H,11,13,15-20H2,1-5H3,(H,37,41)(H,38,42)/t28-,30-/m1/s1. The molecule has 2 amide bonds. The number of benzene rings is 2. The molecule has 1 aliphatic heterocycles. The number of hydrogen-bond donors (Lipinski definition) is 2. The second-order valence-corrected chi connectivity index (χ2v) is 12.7. The Morgan fingerprint density at radius 1 is 0.957 bits per heavy atom. The number of para-hydroxylation sites is 1. The Morgan fingerprint density at radius 2 is 1.68 bits per heavy atom. The van der Waals surface area contributed by atoms with Gasteiger partial charge in [0.1, 0.15) is 6.04 Å². The van der Waals surface area contributed by atoms with Gasteiger partial charge >= 0.3 is 0 Å². The number of nitrogens with zero attached hydrogens (tertiary/aromatic N) is 2. The summed E-state index contributed by atoms with van der Waals surface area (Å²) in [5.74, 6) is 2.02. The molecule has 0 radical (unpaired) electrons. The number of amides is 2. The zero-order valence-corrected chi connectivity index (χ0v) is 28.6. The maximum atomic E-state index is 13.9. The van der Waals surface area contributed by atoms with Gasteiger partial charge in [-0.3, -0.25) is 14.4 Å². The van der Waals surface area contributed by atoms with Crippen molar-refractivity contribution in [3.8, 4) is 28.4 Å². The highest BCUT2D eigenvalue weighted by molar-refractivity contribution is 7.98. The fraction of sp³-hybridized carbons (Fsp3) is 0.417. The number of thioether (sulfide) groups is 1. The predicted molar refractivity (Wildman–Crippen MR) is 188 cm³/mol. The van der Waals surface area contributed by atoms with E-state index in [4.69, 9.17) is 14.2 Å². The Balaban J connectivity index is 1.51. The summed E-state index contributed by atoms with van der Waals surface area (Å²) in [5, 5.41) is 6.38. The highest BCUT2D eigenvalue weighted by Gasteiger charge is 2.31. The highest BCUT2D eigenvalue weighted by Crippen LogP contribution is 2.50. The lowest BCUT2D eigenvalue weighted by molar-refractivity contribution is -0.132. The molecule has 0 aromatic heterocycles. The van der Waals surface area contributed by atoms with Crippen LogP contribution >= 0.6 is 11.8 Å². The lowest BCUT2D eigenvalue weighted by Crippen LogP contribution is -2.53. The van der Waals surface area contributed by atoms with Crippen molar-refractivity contribution in [2.75, 3.05) is 69.7 Å². The lowest BCUT2D eigenvalue weighted by atomic mass is 9.95. The molecule has 10 nitrogen and oxygen atoms in total. The first-order valence-corrected chi connectivity index (χ1v) is 17.3. The number of hydrogen-bond acceptors (Lipinski definition) is 9. The van der Waals surface area contributed by atoms with Crippen molar-refractivity contribution in [1.82, 2.24) is 10.2 Å². The summed E-state index contributed by atoms with van der Waals surface area (Å²) in [4.78, 5) is 44.4. The van der Waals surface area contributed by atoms with Crippen molar-refractivity contribution in [1.29, 1.82) is 0 Å². The van der Waals surface area contributed by atoms with E-state index in [1.807, 2.05) is 41.5 Å². The molecule has 2 N–H and O–H groups in total. The van der Waals surface area contributed by atoms with E-state index in [9.17, 15) is 14.4 Å². The molecule has 1 saturated heterocycles. The number of ether oxygens (including phenoxy) is 3. The molecule has 3 aromatic carbocycles. The minimum Gasteiger partial charge on any atom is -0.493 e. The van der Waals surface area contributed by atoms with E-state index in [2.05, 4.69) is 27.7 Å². The minimum atomic E-state index is -0.571. The van der Waals surface area contributed by atoms with Crippen LogP contribution in [-0.2, 0) is 16.0 Å². The van der Waals surface area contributed by atoms with E-state index in [0.717, 1.165) is 41.2 Å².